The molecule has 7 heteroatoms. The predicted octanol–water partition coefficient (Wildman–Crippen LogP) is 5.95. The highest BCUT2D eigenvalue weighted by Gasteiger charge is 2.34. The summed E-state index contributed by atoms with van der Waals surface area (Å²) < 4.78 is 38.9. The highest BCUT2D eigenvalue weighted by molar-refractivity contribution is 7.13. The lowest BCUT2D eigenvalue weighted by Crippen LogP contribution is -2.06. The average Bonchev–Trinajstić information content (AvgIpc) is 2.96. The highest BCUT2D eigenvalue weighted by atomic mass is 35.5. The number of hydrogen-bond donors (Lipinski definition) is 0. The topological polar surface area (TPSA) is 25.8 Å². The maximum Gasteiger partial charge on any atom is 0.417 e. The van der Waals surface area contributed by atoms with E-state index in [1.807, 2.05) is 19.2 Å². The third-order valence-corrected chi connectivity index (χ3v) is 4.62. The van der Waals surface area contributed by atoms with Crippen molar-refractivity contribution >= 4 is 33.8 Å². The van der Waals surface area contributed by atoms with Crippen LogP contribution < -0.4 is 0 Å². The van der Waals surface area contributed by atoms with E-state index in [4.69, 9.17) is 11.6 Å². The zero-order valence-electron chi connectivity index (χ0n) is 12.2. The second-order valence-electron chi connectivity index (χ2n) is 5.34. The SMILES string of the molecule is CC(C)c1csc(-c2c[c]c3ccc(C(F)(F)F)c(Cl)c3n2)n1. The highest BCUT2D eigenvalue weighted by Crippen LogP contribution is 2.38. The summed E-state index contributed by atoms with van der Waals surface area (Å²) in [6.45, 7) is 4.04. The molecular formula is C16H11ClF3N2S. The molecule has 0 fully saturated rings. The number of alkyl halides is 3. The van der Waals surface area contributed by atoms with E-state index in [2.05, 4.69) is 16.0 Å². The van der Waals surface area contributed by atoms with E-state index in [9.17, 15) is 13.2 Å². The first-order valence-electron chi connectivity index (χ1n) is 6.81. The number of thiazole rings is 1. The summed E-state index contributed by atoms with van der Waals surface area (Å²) in [4.78, 5) is 8.73. The van der Waals surface area contributed by atoms with Crippen LogP contribution in [0.4, 0.5) is 13.2 Å². The van der Waals surface area contributed by atoms with E-state index in [1.54, 1.807) is 6.07 Å². The van der Waals surface area contributed by atoms with Crippen LogP contribution in [0.1, 0.15) is 31.0 Å². The van der Waals surface area contributed by atoms with Gasteiger partial charge in [0.05, 0.1) is 21.8 Å². The summed E-state index contributed by atoms with van der Waals surface area (Å²) in [5.41, 5.74) is 0.574. The molecule has 1 aromatic carbocycles. The maximum atomic E-state index is 13.0. The van der Waals surface area contributed by atoms with Gasteiger partial charge in [-0.3, -0.25) is 0 Å². The first kappa shape index (κ1) is 16.2. The Morgan fingerprint density at radius 3 is 2.57 bits per heavy atom. The third kappa shape index (κ3) is 3.05. The number of fused-ring (bicyclic) bond motifs is 1. The van der Waals surface area contributed by atoms with Gasteiger partial charge in [0.1, 0.15) is 10.7 Å². The van der Waals surface area contributed by atoms with Crippen LogP contribution >= 0.6 is 22.9 Å². The molecule has 23 heavy (non-hydrogen) atoms. The van der Waals surface area contributed by atoms with Gasteiger partial charge >= 0.3 is 6.18 Å². The number of benzene rings is 1. The third-order valence-electron chi connectivity index (χ3n) is 3.35. The van der Waals surface area contributed by atoms with Crippen LogP contribution in [0.3, 0.4) is 0 Å². The first-order chi connectivity index (χ1) is 10.8. The lowest BCUT2D eigenvalue weighted by molar-refractivity contribution is -0.137. The fraction of sp³-hybridized carbons (Fsp3) is 0.250. The van der Waals surface area contributed by atoms with E-state index in [1.165, 1.54) is 17.4 Å². The molecule has 0 aliphatic carbocycles. The molecule has 0 aliphatic rings. The summed E-state index contributed by atoms with van der Waals surface area (Å²) in [7, 11) is 0. The fourth-order valence-electron chi connectivity index (χ4n) is 2.09. The first-order valence-corrected chi connectivity index (χ1v) is 8.07. The van der Waals surface area contributed by atoms with E-state index < -0.39 is 16.8 Å². The van der Waals surface area contributed by atoms with Gasteiger partial charge in [-0.05, 0) is 24.1 Å². The summed E-state index contributed by atoms with van der Waals surface area (Å²) in [5, 5.41) is 2.58. The van der Waals surface area contributed by atoms with Crippen LogP contribution in [-0.4, -0.2) is 9.97 Å². The molecule has 0 aliphatic heterocycles. The number of rotatable bonds is 2. The molecule has 0 unspecified atom stereocenters. The minimum absolute atomic E-state index is 0.0836. The molecule has 0 bridgehead atoms. The fourth-order valence-corrected chi connectivity index (χ4v) is 3.34. The van der Waals surface area contributed by atoms with Gasteiger partial charge in [-0.2, -0.15) is 13.2 Å². The standard InChI is InChI=1S/C16H11ClF3N2S/c1-8(2)12-7-23-15(22-12)11-6-4-9-3-5-10(16(18,19)20)13(17)14(9)21-11/h3,5-8H,1-2H3. The van der Waals surface area contributed by atoms with Crippen molar-refractivity contribution in [1.29, 1.82) is 0 Å². The van der Waals surface area contributed by atoms with E-state index >= 15 is 0 Å². The van der Waals surface area contributed by atoms with Crippen molar-refractivity contribution in [1.82, 2.24) is 9.97 Å². The molecule has 0 atom stereocenters. The smallest absolute Gasteiger partial charge is 0.244 e. The number of aromatic nitrogens is 2. The van der Waals surface area contributed by atoms with Crippen molar-refractivity contribution in [2.45, 2.75) is 25.9 Å². The Morgan fingerprint density at radius 1 is 1.22 bits per heavy atom. The average molecular weight is 356 g/mol. The summed E-state index contributed by atoms with van der Waals surface area (Å²) in [6, 6.07) is 6.82. The molecule has 119 valence electrons. The summed E-state index contributed by atoms with van der Waals surface area (Å²) in [6.07, 6.45) is -4.52. The molecule has 2 heterocycles. The number of hydrogen-bond acceptors (Lipinski definition) is 3. The van der Waals surface area contributed by atoms with Gasteiger partial charge in [0.15, 0.2) is 0 Å². The minimum atomic E-state index is -4.52. The van der Waals surface area contributed by atoms with E-state index in [-0.39, 0.29) is 11.4 Å². The van der Waals surface area contributed by atoms with Crippen LogP contribution in [0, 0.1) is 6.07 Å². The van der Waals surface area contributed by atoms with Gasteiger partial charge in [0, 0.05) is 10.8 Å². The van der Waals surface area contributed by atoms with E-state index in [0.29, 0.717) is 16.1 Å². The van der Waals surface area contributed by atoms with Gasteiger partial charge in [-0.25, -0.2) is 9.97 Å². The lowest BCUT2D eigenvalue weighted by atomic mass is 10.1. The second kappa shape index (κ2) is 5.76. The Hall–Kier alpha value is -1.66. The van der Waals surface area contributed by atoms with Crippen LogP contribution in [0.25, 0.3) is 21.6 Å². The molecule has 2 nitrogen and oxygen atoms in total. The number of halogens is 4. The second-order valence-corrected chi connectivity index (χ2v) is 6.58. The van der Waals surface area contributed by atoms with Crippen molar-refractivity contribution in [2.75, 3.05) is 0 Å². The van der Waals surface area contributed by atoms with Gasteiger partial charge in [0.25, 0.3) is 0 Å². The van der Waals surface area contributed by atoms with Crippen molar-refractivity contribution in [3.63, 3.8) is 0 Å². The van der Waals surface area contributed by atoms with Crippen molar-refractivity contribution < 1.29 is 13.2 Å². The van der Waals surface area contributed by atoms with Crippen LogP contribution in [-0.2, 0) is 6.18 Å². The van der Waals surface area contributed by atoms with E-state index in [0.717, 1.165) is 11.8 Å². The van der Waals surface area contributed by atoms with Gasteiger partial charge < -0.3 is 0 Å². The molecule has 0 saturated carbocycles. The van der Waals surface area contributed by atoms with Crippen molar-refractivity contribution in [3.8, 4) is 10.7 Å². The Morgan fingerprint density at radius 2 is 1.96 bits per heavy atom. The number of nitrogens with zero attached hydrogens (tertiary/aromatic N) is 2. The summed E-state index contributed by atoms with van der Waals surface area (Å²) >= 11 is 7.32. The van der Waals surface area contributed by atoms with Gasteiger partial charge in [-0.1, -0.05) is 31.5 Å². The van der Waals surface area contributed by atoms with Gasteiger partial charge in [0.2, 0.25) is 0 Å². The van der Waals surface area contributed by atoms with Gasteiger partial charge in [-0.15, -0.1) is 11.3 Å². The largest absolute Gasteiger partial charge is 0.417 e. The van der Waals surface area contributed by atoms with Crippen molar-refractivity contribution in [3.05, 3.63) is 45.9 Å². The van der Waals surface area contributed by atoms with Crippen LogP contribution in [0.2, 0.25) is 5.02 Å². The predicted molar refractivity (Wildman–Crippen MR) is 85.8 cm³/mol. The molecule has 3 aromatic rings. The molecule has 1 radical (unpaired) electrons. The Balaban J connectivity index is 2.15. The zero-order chi connectivity index (χ0) is 16.8. The van der Waals surface area contributed by atoms with Crippen LogP contribution in [0.5, 0.6) is 0 Å². The normalized spacial score (nSPS) is 12.3. The maximum absolute atomic E-state index is 13.0. The Bertz CT molecular complexity index is 871. The molecule has 0 saturated heterocycles. The lowest BCUT2D eigenvalue weighted by Gasteiger charge is -2.10. The van der Waals surface area contributed by atoms with Crippen LogP contribution in [0.15, 0.2) is 23.6 Å². The molecular weight excluding hydrogens is 345 g/mol. The molecule has 3 rings (SSSR count). The van der Waals surface area contributed by atoms with Crippen molar-refractivity contribution in [2.24, 2.45) is 0 Å². The minimum Gasteiger partial charge on any atom is -0.244 e. The molecule has 0 spiro atoms. The molecule has 0 amide bonds. The summed E-state index contributed by atoms with van der Waals surface area (Å²) in [5.74, 6) is 0.268. The monoisotopic (exact) mass is 355 g/mol. The Labute approximate surface area is 140 Å². The molecule has 2 aromatic heterocycles. The Kier molecular flexibility index (Phi) is 4.06. The molecule has 0 N–H and O–H groups in total. The quantitative estimate of drug-likeness (QED) is 0.567. The zero-order valence-corrected chi connectivity index (χ0v) is 13.8. The number of pyridine rings is 1.